The Morgan fingerprint density at radius 2 is 2.32 bits per heavy atom. The Bertz CT molecular complexity index is 433. The van der Waals surface area contributed by atoms with Gasteiger partial charge in [0.25, 0.3) is 0 Å². The van der Waals surface area contributed by atoms with Crippen molar-refractivity contribution in [3.05, 3.63) is 29.8 Å². The van der Waals surface area contributed by atoms with Gasteiger partial charge in [-0.2, -0.15) is 0 Å². The third kappa shape index (κ3) is 4.56. The van der Waals surface area contributed by atoms with Crippen LogP contribution in [0.3, 0.4) is 0 Å². The normalized spacial score (nSPS) is 20.0. The molecule has 19 heavy (non-hydrogen) atoms. The number of hydrogen-bond acceptors (Lipinski definition) is 2. The van der Waals surface area contributed by atoms with E-state index in [-0.39, 0.29) is 6.03 Å². The van der Waals surface area contributed by atoms with Crippen molar-refractivity contribution in [2.24, 2.45) is 5.92 Å². The van der Waals surface area contributed by atoms with E-state index in [2.05, 4.69) is 22.6 Å². The van der Waals surface area contributed by atoms with Crippen molar-refractivity contribution in [3.8, 4) is 0 Å². The average Bonchev–Trinajstić information content (AvgIpc) is 2.36. The standard InChI is InChI=1S/C15H23N3O/c1-12-5-3-7-14(9-12)17-15(19)16-10-13-6-4-8-18(2)11-13/h3,5,7,9,13H,4,6,8,10-11H2,1-2H3,(H2,16,17,19)/t13-/m1/s1. The molecule has 1 aliphatic heterocycles. The summed E-state index contributed by atoms with van der Waals surface area (Å²) < 4.78 is 0. The second-order valence-corrected chi connectivity index (χ2v) is 5.48. The van der Waals surface area contributed by atoms with Crippen molar-refractivity contribution in [3.63, 3.8) is 0 Å². The monoisotopic (exact) mass is 261 g/mol. The Balaban J connectivity index is 1.75. The van der Waals surface area contributed by atoms with Crippen molar-refractivity contribution in [2.45, 2.75) is 19.8 Å². The maximum absolute atomic E-state index is 11.8. The number of carbonyl (C=O) groups excluding carboxylic acids is 1. The van der Waals surface area contributed by atoms with Crippen LogP contribution in [-0.2, 0) is 0 Å². The van der Waals surface area contributed by atoms with Crippen LogP contribution in [0.15, 0.2) is 24.3 Å². The molecule has 0 radical (unpaired) electrons. The number of likely N-dealkylation sites (tertiary alicyclic amines) is 1. The molecule has 104 valence electrons. The molecular weight excluding hydrogens is 238 g/mol. The number of rotatable bonds is 3. The van der Waals surface area contributed by atoms with E-state index in [4.69, 9.17) is 0 Å². The van der Waals surface area contributed by atoms with Crippen LogP contribution in [0, 0.1) is 12.8 Å². The summed E-state index contributed by atoms with van der Waals surface area (Å²) in [6, 6.07) is 7.72. The fourth-order valence-corrected chi connectivity index (χ4v) is 2.57. The molecular formula is C15H23N3O. The molecule has 4 nitrogen and oxygen atoms in total. The molecule has 0 aliphatic carbocycles. The number of aryl methyl sites for hydroxylation is 1. The number of anilines is 1. The predicted octanol–water partition coefficient (Wildman–Crippen LogP) is 2.46. The first-order valence-electron chi connectivity index (χ1n) is 6.93. The lowest BCUT2D eigenvalue weighted by Gasteiger charge is -2.29. The summed E-state index contributed by atoms with van der Waals surface area (Å²) >= 11 is 0. The van der Waals surface area contributed by atoms with Gasteiger partial charge in [-0.3, -0.25) is 0 Å². The Hall–Kier alpha value is -1.55. The van der Waals surface area contributed by atoms with Gasteiger partial charge in [0.2, 0.25) is 0 Å². The molecule has 1 aliphatic rings. The summed E-state index contributed by atoms with van der Waals surface area (Å²) in [6.07, 6.45) is 2.43. The molecule has 2 amide bonds. The Kier molecular flexibility index (Phi) is 4.80. The lowest BCUT2D eigenvalue weighted by molar-refractivity contribution is 0.204. The first-order valence-corrected chi connectivity index (χ1v) is 6.93. The van der Waals surface area contributed by atoms with Crippen LogP contribution in [0.2, 0.25) is 0 Å². The molecule has 1 aromatic rings. The van der Waals surface area contributed by atoms with E-state index < -0.39 is 0 Å². The number of nitrogens with one attached hydrogen (secondary N) is 2. The number of benzene rings is 1. The van der Waals surface area contributed by atoms with Crippen molar-refractivity contribution in [1.29, 1.82) is 0 Å². The third-order valence-electron chi connectivity index (χ3n) is 3.55. The highest BCUT2D eigenvalue weighted by molar-refractivity contribution is 5.89. The summed E-state index contributed by atoms with van der Waals surface area (Å²) in [7, 11) is 2.14. The minimum absolute atomic E-state index is 0.112. The van der Waals surface area contributed by atoms with Gasteiger partial charge in [0.1, 0.15) is 0 Å². The van der Waals surface area contributed by atoms with Crippen molar-refractivity contribution in [2.75, 3.05) is 32.0 Å². The summed E-state index contributed by atoms with van der Waals surface area (Å²) in [5.74, 6) is 0.571. The topological polar surface area (TPSA) is 44.4 Å². The fourth-order valence-electron chi connectivity index (χ4n) is 2.57. The molecule has 0 spiro atoms. The number of nitrogens with zero attached hydrogens (tertiary/aromatic N) is 1. The molecule has 1 atom stereocenters. The van der Waals surface area contributed by atoms with Crippen LogP contribution in [0.1, 0.15) is 18.4 Å². The van der Waals surface area contributed by atoms with E-state index in [1.807, 2.05) is 31.2 Å². The lowest BCUT2D eigenvalue weighted by Crippen LogP contribution is -2.40. The lowest BCUT2D eigenvalue weighted by atomic mass is 9.99. The van der Waals surface area contributed by atoms with Gasteiger partial charge in [-0.15, -0.1) is 0 Å². The molecule has 0 bridgehead atoms. The maximum Gasteiger partial charge on any atom is 0.319 e. The number of urea groups is 1. The van der Waals surface area contributed by atoms with E-state index in [1.165, 1.54) is 19.4 Å². The molecule has 0 aromatic heterocycles. The zero-order valence-corrected chi connectivity index (χ0v) is 11.8. The molecule has 0 saturated carbocycles. The van der Waals surface area contributed by atoms with Gasteiger partial charge < -0.3 is 15.5 Å². The van der Waals surface area contributed by atoms with Crippen LogP contribution in [-0.4, -0.2) is 37.6 Å². The molecule has 1 aromatic carbocycles. The Morgan fingerprint density at radius 1 is 1.47 bits per heavy atom. The van der Waals surface area contributed by atoms with Gasteiger partial charge in [0.05, 0.1) is 0 Å². The van der Waals surface area contributed by atoms with Crippen LogP contribution >= 0.6 is 0 Å². The molecule has 1 saturated heterocycles. The fraction of sp³-hybridized carbons (Fsp3) is 0.533. The molecule has 4 heteroatoms. The zero-order chi connectivity index (χ0) is 13.7. The van der Waals surface area contributed by atoms with Gasteiger partial charge in [-0.25, -0.2) is 4.79 Å². The van der Waals surface area contributed by atoms with Crippen LogP contribution in [0.5, 0.6) is 0 Å². The van der Waals surface area contributed by atoms with Crippen molar-refractivity contribution < 1.29 is 4.79 Å². The second-order valence-electron chi connectivity index (χ2n) is 5.48. The number of carbonyl (C=O) groups is 1. The zero-order valence-electron chi connectivity index (χ0n) is 11.8. The quantitative estimate of drug-likeness (QED) is 0.878. The van der Waals surface area contributed by atoms with Gasteiger partial charge in [0, 0.05) is 18.8 Å². The molecule has 2 rings (SSSR count). The maximum atomic E-state index is 11.8. The Labute approximate surface area is 115 Å². The smallest absolute Gasteiger partial charge is 0.319 e. The Morgan fingerprint density at radius 3 is 3.05 bits per heavy atom. The van der Waals surface area contributed by atoms with E-state index in [0.29, 0.717) is 5.92 Å². The summed E-state index contributed by atoms with van der Waals surface area (Å²) in [5.41, 5.74) is 1.99. The highest BCUT2D eigenvalue weighted by Gasteiger charge is 2.17. The van der Waals surface area contributed by atoms with E-state index in [1.54, 1.807) is 0 Å². The molecule has 2 N–H and O–H groups in total. The van der Waals surface area contributed by atoms with E-state index >= 15 is 0 Å². The average molecular weight is 261 g/mol. The SMILES string of the molecule is Cc1cccc(NC(=O)NC[C@H]2CCCN(C)C2)c1. The van der Waals surface area contributed by atoms with E-state index in [9.17, 15) is 4.79 Å². The van der Waals surface area contributed by atoms with Gasteiger partial charge in [0.15, 0.2) is 0 Å². The van der Waals surface area contributed by atoms with E-state index in [0.717, 1.165) is 24.3 Å². The summed E-state index contributed by atoms with van der Waals surface area (Å²) in [5, 5.41) is 5.83. The second kappa shape index (κ2) is 6.57. The summed E-state index contributed by atoms with van der Waals surface area (Å²) in [6.45, 7) is 5.01. The van der Waals surface area contributed by atoms with Gasteiger partial charge in [-0.05, 0) is 57.0 Å². The van der Waals surface area contributed by atoms with Crippen molar-refractivity contribution >= 4 is 11.7 Å². The van der Waals surface area contributed by atoms with Crippen LogP contribution in [0.25, 0.3) is 0 Å². The predicted molar refractivity (Wildman–Crippen MR) is 78.4 cm³/mol. The highest BCUT2D eigenvalue weighted by atomic mass is 16.2. The number of piperidine rings is 1. The number of amides is 2. The minimum atomic E-state index is -0.112. The minimum Gasteiger partial charge on any atom is -0.338 e. The molecule has 0 unspecified atom stereocenters. The molecule has 1 heterocycles. The summed E-state index contributed by atoms with van der Waals surface area (Å²) in [4.78, 5) is 14.1. The van der Waals surface area contributed by atoms with Crippen molar-refractivity contribution in [1.82, 2.24) is 10.2 Å². The van der Waals surface area contributed by atoms with Crippen LogP contribution < -0.4 is 10.6 Å². The largest absolute Gasteiger partial charge is 0.338 e. The van der Waals surface area contributed by atoms with Crippen LogP contribution in [0.4, 0.5) is 10.5 Å². The van der Waals surface area contributed by atoms with Gasteiger partial charge in [-0.1, -0.05) is 12.1 Å². The molecule has 1 fully saturated rings. The first kappa shape index (κ1) is 13.9. The third-order valence-corrected chi connectivity index (χ3v) is 3.55. The van der Waals surface area contributed by atoms with Gasteiger partial charge >= 0.3 is 6.03 Å². The first-order chi connectivity index (χ1) is 9.13. The number of hydrogen-bond donors (Lipinski definition) is 2. The highest BCUT2D eigenvalue weighted by Crippen LogP contribution is 2.14.